The van der Waals surface area contributed by atoms with Crippen LogP contribution in [-0.2, 0) is 4.74 Å². The van der Waals surface area contributed by atoms with E-state index in [0.29, 0.717) is 0 Å². The fourth-order valence-corrected chi connectivity index (χ4v) is 3.07. The van der Waals surface area contributed by atoms with E-state index in [2.05, 4.69) is 16.8 Å². The highest BCUT2D eigenvalue weighted by atomic mass is 16.5. The zero-order valence-corrected chi connectivity index (χ0v) is 10.1. The lowest BCUT2D eigenvalue weighted by atomic mass is 9.98. The van der Waals surface area contributed by atoms with Gasteiger partial charge in [-0.2, -0.15) is 0 Å². The molecule has 0 spiro atoms. The molecule has 0 N–H and O–H groups in total. The first-order valence-corrected chi connectivity index (χ1v) is 6.21. The summed E-state index contributed by atoms with van der Waals surface area (Å²) in [6.45, 7) is 5.84. The fourth-order valence-electron chi connectivity index (χ4n) is 3.07. The number of hydrogen-bond acceptors (Lipinski definition) is 3. The standard InChI is InChI=1S/C12H24N2O/c1-13-5-3-4-11-8-12(10-13)14(9-11)6-7-15-2/h11-12H,3-10H2,1-2H3. The Kier molecular flexibility index (Phi) is 4.00. The predicted molar refractivity (Wildman–Crippen MR) is 62.1 cm³/mol. The van der Waals surface area contributed by atoms with E-state index >= 15 is 0 Å². The molecule has 2 rings (SSSR count). The summed E-state index contributed by atoms with van der Waals surface area (Å²) in [5.74, 6) is 0.959. The Balaban J connectivity index is 1.90. The average Bonchev–Trinajstić information content (AvgIpc) is 2.57. The quantitative estimate of drug-likeness (QED) is 0.695. The van der Waals surface area contributed by atoms with Crippen molar-refractivity contribution < 1.29 is 4.74 Å². The van der Waals surface area contributed by atoms with Crippen LogP contribution in [0.3, 0.4) is 0 Å². The van der Waals surface area contributed by atoms with Gasteiger partial charge in [0.2, 0.25) is 0 Å². The molecule has 2 aliphatic rings. The summed E-state index contributed by atoms with van der Waals surface area (Å²) < 4.78 is 5.19. The second-order valence-corrected chi connectivity index (χ2v) is 5.15. The summed E-state index contributed by atoms with van der Waals surface area (Å²) in [4.78, 5) is 5.13. The van der Waals surface area contributed by atoms with Gasteiger partial charge in [0.25, 0.3) is 0 Å². The second-order valence-electron chi connectivity index (χ2n) is 5.15. The Labute approximate surface area is 93.4 Å². The van der Waals surface area contributed by atoms with Crippen molar-refractivity contribution in [3.8, 4) is 0 Å². The maximum Gasteiger partial charge on any atom is 0.0589 e. The Morgan fingerprint density at radius 1 is 1.33 bits per heavy atom. The van der Waals surface area contributed by atoms with E-state index in [1.54, 1.807) is 7.11 Å². The summed E-state index contributed by atoms with van der Waals surface area (Å²) in [6, 6.07) is 0.787. The minimum absolute atomic E-state index is 0.787. The van der Waals surface area contributed by atoms with Crippen molar-refractivity contribution in [3.05, 3.63) is 0 Å². The minimum Gasteiger partial charge on any atom is -0.383 e. The van der Waals surface area contributed by atoms with E-state index in [0.717, 1.165) is 25.1 Å². The predicted octanol–water partition coefficient (Wildman–Crippen LogP) is 1.05. The highest BCUT2D eigenvalue weighted by molar-refractivity contribution is 4.88. The highest BCUT2D eigenvalue weighted by Gasteiger charge is 2.33. The molecule has 2 saturated heterocycles. The Hall–Kier alpha value is -0.120. The van der Waals surface area contributed by atoms with E-state index < -0.39 is 0 Å². The summed E-state index contributed by atoms with van der Waals surface area (Å²) >= 11 is 0. The number of fused-ring (bicyclic) bond motifs is 2. The molecule has 0 aromatic carbocycles. The van der Waals surface area contributed by atoms with E-state index in [1.807, 2.05) is 0 Å². The zero-order chi connectivity index (χ0) is 10.7. The van der Waals surface area contributed by atoms with Crippen LogP contribution in [0, 0.1) is 5.92 Å². The monoisotopic (exact) mass is 212 g/mol. The van der Waals surface area contributed by atoms with Gasteiger partial charge in [-0.3, -0.25) is 4.90 Å². The molecule has 2 aliphatic heterocycles. The molecule has 15 heavy (non-hydrogen) atoms. The molecule has 0 saturated carbocycles. The van der Waals surface area contributed by atoms with Crippen molar-refractivity contribution in [1.82, 2.24) is 9.80 Å². The molecule has 3 heteroatoms. The molecule has 2 unspecified atom stereocenters. The van der Waals surface area contributed by atoms with Crippen LogP contribution >= 0.6 is 0 Å². The summed E-state index contributed by atoms with van der Waals surface area (Å²) in [7, 11) is 4.06. The van der Waals surface area contributed by atoms with Crippen LogP contribution in [0.2, 0.25) is 0 Å². The molecule has 0 aromatic rings. The van der Waals surface area contributed by atoms with Crippen molar-refractivity contribution >= 4 is 0 Å². The molecule has 88 valence electrons. The van der Waals surface area contributed by atoms with Gasteiger partial charge in [-0.1, -0.05) is 0 Å². The van der Waals surface area contributed by atoms with Crippen molar-refractivity contribution in [1.29, 1.82) is 0 Å². The van der Waals surface area contributed by atoms with Crippen molar-refractivity contribution in [3.63, 3.8) is 0 Å². The van der Waals surface area contributed by atoms with Gasteiger partial charge in [0.15, 0.2) is 0 Å². The minimum atomic E-state index is 0.787. The Morgan fingerprint density at radius 2 is 2.20 bits per heavy atom. The van der Waals surface area contributed by atoms with Gasteiger partial charge in [-0.15, -0.1) is 0 Å². The van der Waals surface area contributed by atoms with Crippen LogP contribution in [0.4, 0.5) is 0 Å². The lowest BCUT2D eigenvalue weighted by Crippen LogP contribution is -2.40. The normalized spacial score (nSPS) is 34.0. The molecule has 2 fully saturated rings. The third-order valence-electron chi connectivity index (χ3n) is 3.87. The van der Waals surface area contributed by atoms with Gasteiger partial charge in [-0.05, 0) is 38.8 Å². The van der Waals surface area contributed by atoms with Crippen LogP contribution in [0.1, 0.15) is 19.3 Å². The molecular formula is C12H24N2O. The molecule has 0 aromatic heterocycles. The summed E-state index contributed by atoms with van der Waals surface area (Å²) in [5.41, 5.74) is 0. The van der Waals surface area contributed by atoms with E-state index in [4.69, 9.17) is 4.74 Å². The molecule has 0 radical (unpaired) electrons. The lowest BCUT2D eigenvalue weighted by molar-refractivity contribution is 0.127. The van der Waals surface area contributed by atoms with Gasteiger partial charge >= 0.3 is 0 Å². The maximum atomic E-state index is 5.19. The van der Waals surface area contributed by atoms with Gasteiger partial charge in [0.1, 0.15) is 0 Å². The first-order chi connectivity index (χ1) is 7.29. The third-order valence-corrected chi connectivity index (χ3v) is 3.87. The van der Waals surface area contributed by atoms with Crippen LogP contribution in [-0.4, -0.2) is 62.8 Å². The number of hydrogen-bond donors (Lipinski definition) is 0. The average molecular weight is 212 g/mol. The topological polar surface area (TPSA) is 15.7 Å². The van der Waals surface area contributed by atoms with Gasteiger partial charge < -0.3 is 9.64 Å². The third kappa shape index (κ3) is 2.92. The molecule has 2 bridgehead atoms. The van der Waals surface area contributed by atoms with Crippen molar-refractivity contribution in [2.75, 3.05) is 46.9 Å². The molecule has 0 amide bonds. The molecule has 0 aliphatic carbocycles. The zero-order valence-electron chi connectivity index (χ0n) is 10.1. The van der Waals surface area contributed by atoms with Crippen LogP contribution in [0.25, 0.3) is 0 Å². The van der Waals surface area contributed by atoms with Crippen LogP contribution in [0.15, 0.2) is 0 Å². The number of likely N-dealkylation sites (N-methyl/N-ethyl adjacent to an activating group) is 1. The molecule has 2 atom stereocenters. The highest BCUT2D eigenvalue weighted by Crippen LogP contribution is 2.28. The van der Waals surface area contributed by atoms with E-state index in [1.165, 1.54) is 38.9 Å². The molecule has 3 nitrogen and oxygen atoms in total. The fraction of sp³-hybridized carbons (Fsp3) is 1.00. The van der Waals surface area contributed by atoms with Gasteiger partial charge in [0, 0.05) is 32.8 Å². The van der Waals surface area contributed by atoms with Gasteiger partial charge in [0.05, 0.1) is 6.61 Å². The summed E-state index contributed by atoms with van der Waals surface area (Å²) in [6.07, 6.45) is 4.21. The number of rotatable bonds is 3. The first-order valence-electron chi connectivity index (χ1n) is 6.21. The number of methoxy groups -OCH3 is 1. The number of nitrogens with zero attached hydrogens (tertiary/aromatic N) is 2. The molecule has 2 heterocycles. The Morgan fingerprint density at radius 3 is 3.00 bits per heavy atom. The largest absolute Gasteiger partial charge is 0.383 e. The maximum absolute atomic E-state index is 5.19. The van der Waals surface area contributed by atoms with Crippen LogP contribution < -0.4 is 0 Å². The smallest absolute Gasteiger partial charge is 0.0589 e. The number of ether oxygens (including phenoxy) is 1. The Bertz CT molecular complexity index is 198. The van der Waals surface area contributed by atoms with Crippen molar-refractivity contribution in [2.45, 2.75) is 25.3 Å². The first kappa shape index (κ1) is 11.4. The van der Waals surface area contributed by atoms with Gasteiger partial charge in [-0.25, -0.2) is 0 Å². The SMILES string of the molecule is COCCN1CC2CCCN(C)CC1C2. The lowest BCUT2D eigenvalue weighted by Gasteiger charge is -2.28. The van der Waals surface area contributed by atoms with E-state index in [-0.39, 0.29) is 0 Å². The second kappa shape index (κ2) is 5.28. The van der Waals surface area contributed by atoms with Crippen LogP contribution in [0.5, 0.6) is 0 Å². The summed E-state index contributed by atoms with van der Waals surface area (Å²) in [5, 5.41) is 0. The molecular weight excluding hydrogens is 188 g/mol. The number of likely N-dealkylation sites (tertiary alicyclic amines) is 2. The van der Waals surface area contributed by atoms with E-state index in [9.17, 15) is 0 Å². The van der Waals surface area contributed by atoms with Crippen molar-refractivity contribution in [2.24, 2.45) is 5.92 Å².